The second-order valence-electron chi connectivity index (χ2n) is 7.30. The van der Waals surface area contributed by atoms with Crippen molar-refractivity contribution < 1.29 is 9.26 Å². The molecule has 1 aliphatic rings. The number of benzene rings is 1. The highest BCUT2D eigenvalue weighted by molar-refractivity contribution is 14.0. The summed E-state index contributed by atoms with van der Waals surface area (Å²) in [6.45, 7) is 11.5. The maximum absolute atomic E-state index is 6.12. The van der Waals surface area contributed by atoms with E-state index in [2.05, 4.69) is 42.6 Å². The van der Waals surface area contributed by atoms with Gasteiger partial charge in [-0.1, -0.05) is 23.4 Å². The molecule has 1 atom stereocenters. The van der Waals surface area contributed by atoms with Gasteiger partial charge < -0.3 is 19.9 Å². The van der Waals surface area contributed by atoms with Crippen LogP contribution >= 0.6 is 24.0 Å². The summed E-state index contributed by atoms with van der Waals surface area (Å²) in [5, 5.41) is 10.9. The molecule has 0 fully saturated rings. The molecule has 1 aromatic heterocycles. The van der Waals surface area contributed by atoms with Gasteiger partial charge in [0.15, 0.2) is 5.96 Å². The van der Waals surface area contributed by atoms with Gasteiger partial charge in [0, 0.05) is 24.1 Å². The van der Waals surface area contributed by atoms with E-state index < -0.39 is 0 Å². The smallest absolute Gasteiger partial charge is 0.192 e. The number of nitrogens with zero attached hydrogens (tertiary/aromatic N) is 2. The van der Waals surface area contributed by atoms with Crippen LogP contribution in [0.4, 0.5) is 0 Å². The Kier molecular flexibility index (Phi) is 7.13. The third kappa shape index (κ3) is 5.15. The minimum atomic E-state index is -0.231. The lowest BCUT2D eigenvalue weighted by Crippen LogP contribution is -2.45. The molecule has 2 aromatic rings. The summed E-state index contributed by atoms with van der Waals surface area (Å²) in [6.07, 6.45) is 0.861. The van der Waals surface area contributed by atoms with Crippen LogP contribution < -0.4 is 15.4 Å². The van der Waals surface area contributed by atoms with Crippen LogP contribution in [-0.2, 0) is 6.54 Å². The standard InChI is InChI=1S/C20H28N4O2.HI/c1-6-21-19(22-12-16-13(2)24-26-14(16)3)23-17-11-20(4,5)25-18-10-8-7-9-15(17)18;/h7-10,17H,6,11-12H2,1-5H3,(H2,21,22,23);1H. The monoisotopic (exact) mass is 484 g/mol. The first-order valence-electron chi connectivity index (χ1n) is 9.14. The van der Waals surface area contributed by atoms with E-state index in [-0.39, 0.29) is 35.6 Å². The summed E-state index contributed by atoms with van der Waals surface area (Å²) >= 11 is 0. The van der Waals surface area contributed by atoms with E-state index in [4.69, 9.17) is 14.3 Å². The lowest BCUT2D eigenvalue weighted by molar-refractivity contribution is 0.0694. The second kappa shape index (κ2) is 8.95. The molecule has 0 radical (unpaired) electrons. The van der Waals surface area contributed by atoms with Crippen LogP contribution in [0.3, 0.4) is 0 Å². The number of fused-ring (bicyclic) bond motifs is 1. The first-order valence-corrected chi connectivity index (χ1v) is 9.14. The molecule has 2 heterocycles. The molecular formula is C20H29IN4O2. The highest BCUT2D eigenvalue weighted by atomic mass is 127. The van der Waals surface area contributed by atoms with E-state index >= 15 is 0 Å². The molecule has 0 saturated carbocycles. The van der Waals surface area contributed by atoms with Crippen molar-refractivity contribution in [3.8, 4) is 5.75 Å². The van der Waals surface area contributed by atoms with E-state index in [1.807, 2.05) is 32.0 Å². The summed E-state index contributed by atoms with van der Waals surface area (Å²) in [7, 11) is 0. The van der Waals surface area contributed by atoms with E-state index in [9.17, 15) is 0 Å². The number of para-hydroxylation sites is 1. The Hall–Kier alpha value is -1.77. The van der Waals surface area contributed by atoms with Gasteiger partial charge in [-0.15, -0.1) is 24.0 Å². The number of aromatic nitrogens is 1. The SMILES string of the molecule is CCNC(=NCc1c(C)noc1C)NC1CC(C)(C)Oc2ccccc21.I. The Morgan fingerprint density at radius 3 is 2.70 bits per heavy atom. The lowest BCUT2D eigenvalue weighted by Gasteiger charge is -2.38. The van der Waals surface area contributed by atoms with Crippen molar-refractivity contribution in [3.63, 3.8) is 0 Å². The predicted octanol–water partition coefficient (Wildman–Crippen LogP) is 4.27. The molecular weight excluding hydrogens is 455 g/mol. The average Bonchev–Trinajstić information content (AvgIpc) is 2.90. The van der Waals surface area contributed by atoms with Crippen LogP contribution in [0.2, 0.25) is 0 Å². The van der Waals surface area contributed by atoms with E-state index in [1.54, 1.807) is 0 Å². The van der Waals surface area contributed by atoms with Gasteiger partial charge in [0.05, 0.1) is 18.3 Å². The number of ether oxygens (including phenoxy) is 1. The molecule has 6 nitrogen and oxygen atoms in total. The van der Waals surface area contributed by atoms with Gasteiger partial charge in [-0.2, -0.15) is 0 Å². The van der Waals surface area contributed by atoms with Crippen molar-refractivity contribution in [2.24, 2.45) is 4.99 Å². The van der Waals surface area contributed by atoms with Crippen LogP contribution in [-0.4, -0.2) is 23.3 Å². The molecule has 2 N–H and O–H groups in total. The Morgan fingerprint density at radius 1 is 1.30 bits per heavy atom. The molecule has 1 unspecified atom stereocenters. The fourth-order valence-electron chi connectivity index (χ4n) is 3.30. The van der Waals surface area contributed by atoms with Crippen molar-refractivity contribution >= 4 is 29.9 Å². The van der Waals surface area contributed by atoms with Crippen molar-refractivity contribution in [2.45, 2.75) is 59.2 Å². The lowest BCUT2D eigenvalue weighted by atomic mass is 9.90. The Balaban J connectivity index is 0.00000261. The highest BCUT2D eigenvalue weighted by Gasteiger charge is 2.33. The molecule has 27 heavy (non-hydrogen) atoms. The van der Waals surface area contributed by atoms with E-state index in [1.165, 1.54) is 0 Å². The maximum Gasteiger partial charge on any atom is 0.192 e. The summed E-state index contributed by atoms with van der Waals surface area (Å²) < 4.78 is 11.4. The quantitative estimate of drug-likeness (QED) is 0.386. The summed E-state index contributed by atoms with van der Waals surface area (Å²) in [5.74, 6) is 2.53. The number of aliphatic imine (C=N–C) groups is 1. The van der Waals surface area contributed by atoms with Crippen molar-refractivity contribution in [1.29, 1.82) is 0 Å². The van der Waals surface area contributed by atoms with Crippen LogP contribution in [0.5, 0.6) is 5.75 Å². The van der Waals surface area contributed by atoms with Gasteiger partial charge in [0.1, 0.15) is 17.1 Å². The largest absolute Gasteiger partial charge is 0.487 e. The van der Waals surface area contributed by atoms with Crippen molar-refractivity contribution in [2.75, 3.05) is 6.54 Å². The van der Waals surface area contributed by atoms with Gasteiger partial charge in [0.25, 0.3) is 0 Å². The second-order valence-corrected chi connectivity index (χ2v) is 7.30. The number of aryl methyl sites for hydroxylation is 2. The fourth-order valence-corrected chi connectivity index (χ4v) is 3.30. The molecule has 0 spiro atoms. The Bertz CT molecular complexity index is 782. The van der Waals surface area contributed by atoms with Crippen LogP contribution in [0.25, 0.3) is 0 Å². The van der Waals surface area contributed by atoms with Crippen LogP contribution in [0, 0.1) is 13.8 Å². The van der Waals surface area contributed by atoms with Crippen molar-refractivity contribution in [1.82, 2.24) is 15.8 Å². The fraction of sp³-hybridized carbons (Fsp3) is 0.500. The van der Waals surface area contributed by atoms with Gasteiger partial charge in [-0.05, 0) is 40.7 Å². The third-order valence-electron chi connectivity index (χ3n) is 4.61. The molecule has 1 aliphatic heterocycles. The van der Waals surface area contributed by atoms with E-state index in [0.717, 1.165) is 47.3 Å². The molecule has 3 rings (SSSR count). The summed E-state index contributed by atoms with van der Waals surface area (Å²) in [5.41, 5.74) is 2.86. The zero-order valence-electron chi connectivity index (χ0n) is 16.6. The number of nitrogens with one attached hydrogen (secondary N) is 2. The zero-order chi connectivity index (χ0) is 18.7. The zero-order valence-corrected chi connectivity index (χ0v) is 19.0. The molecule has 0 saturated heterocycles. The molecule has 0 aliphatic carbocycles. The summed E-state index contributed by atoms with van der Waals surface area (Å²) in [4.78, 5) is 4.75. The molecule has 0 amide bonds. The number of hydrogen-bond acceptors (Lipinski definition) is 4. The highest BCUT2D eigenvalue weighted by Crippen LogP contribution is 2.39. The topological polar surface area (TPSA) is 71.7 Å². The Morgan fingerprint density at radius 2 is 2.04 bits per heavy atom. The average molecular weight is 484 g/mol. The third-order valence-corrected chi connectivity index (χ3v) is 4.61. The Labute approximate surface area is 178 Å². The summed E-state index contributed by atoms with van der Waals surface area (Å²) in [6, 6.07) is 8.33. The van der Waals surface area contributed by atoms with Crippen molar-refractivity contribution in [3.05, 3.63) is 46.8 Å². The van der Waals surface area contributed by atoms with Crippen LogP contribution in [0.15, 0.2) is 33.8 Å². The number of guanidine groups is 1. The first-order chi connectivity index (χ1) is 12.4. The maximum atomic E-state index is 6.12. The van der Waals surface area contributed by atoms with Gasteiger partial charge in [-0.3, -0.25) is 0 Å². The number of halogens is 1. The minimum absolute atomic E-state index is 0. The normalized spacial score (nSPS) is 18.1. The molecule has 0 bridgehead atoms. The van der Waals surface area contributed by atoms with Gasteiger partial charge >= 0.3 is 0 Å². The number of hydrogen-bond donors (Lipinski definition) is 2. The predicted molar refractivity (Wildman–Crippen MR) is 118 cm³/mol. The minimum Gasteiger partial charge on any atom is -0.487 e. The molecule has 7 heteroatoms. The number of rotatable bonds is 4. The first kappa shape index (κ1) is 21.5. The van der Waals surface area contributed by atoms with Gasteiger partial charge in [-0.25, -0.2) is 4.99 Å². The van der Waals surface area contributed by atoms with Gasteiger partial charge in [0.2, 0.25) is 0 Å². The molecule has 148 valence electrons. The molecule has 1 aromatic carbocycles. The van der Waals surface area contributed by atoms with Crippen LogP contribution in [0.1, 0.15) is 55.8 Å². The van der Waals surface area contributed by atoms with E-state index in [0.29, 0.717) is 6.54 Å².